The quantitative estimate of drug-likeness (QED) is 0.449. The Labute approximate surface area is 77.2 Å². The highest BCUT2D eigenvalue weighted by Gasteiger charge is 2.16. The fourth-order valence-corrected chi connectivity index (χ4v) is 0.726. The van der Waals surface area contributed by atoms with E-state index in [4.69, 9.17) is 10.5 Å². The molecule has 1 atom stereocenters. The van der Waals surface area contributed by atoms with Gasteiger partial charge >= 0.3 is 5.97 Å². The monoisotopic (exact) mass is 189 g/mol. The normalized spacial score (nSPS) is 12.2. The molecule has 1 unspecified atom stereocenters. The summed E-state index contributed by atoms with van der Waals surface area (Å²) in [6.07, 6.45) is 0.0197. The number of hydrogen-bond donors (Lipinski definition) is 1. The van der Waals surface area contributed by atoms with Crippen molar-refractivity contribution in [2.24, 2.45) is 5.73 Å². The van der Waals surface area contributed by atoms with Crippen molar-refractivity contribution in [3.05, 3.63) is 0 Å². The number of esters is 1. The molecule has 0 saturated heterocycles. The summed E-state index contributed by atoms with van der Waals surface area (Å²) in [7, 11) is 1.50. The molecule has 0 heterocycles. The van der Waals surface area contributed by atoms with Crippen molar-refractivity contribution in [1.29, 1.82) is 0 Å². The topological polar surface area (TPSA) is 78.6 Å². The third-order valence-electron chi connectivity index (χ3n) is 1.34. The third kappa shape index (κ3) is 6.24. The Morgan fingerprint density at radius 1 is 1.38 bits per heavy atom. The van der Waals surface area contributed by atoms with Crippen molar-refractivity contribution in [2.45, 2.75) is 19.4 Å². The SMILES string of the molecule is COCCOC(=O)C(N)CC(C)=O. The highest BCUT2D eigenvalue weighted by molar-refractivity contribution is 5.84. The Morgan fingerprint density at radius 3 is 2.46 bits per heavy atom. The fraction of sp³-hybridized carbons (Fsp3) is 0.750. The van der Waals surface area contributed by atoms with Crippen LogP contribution in [-0.2, 0) is 19.1 Å². The Morgan fingerprint density at radius 2 is 2.00 bits per heavy atom. The molecule has 76 valence electrons. The minimum Gasteiger partial charge on any atom is -0.462 e. The van der Waals surface area contributed by atoms with Crippen LogP contribution in [-0.4, -0.2) is 38.1 Å². The van der Waals surface area contributed by atoms with E-state index >= 15 is 0 Å². The van der Waals surface area contributed by atoms with Crippen LogP contribution in [0.25, 0.3) is 0 Å². The first-order chi connectivity index (χ1) is 6.07. The minimum atomic E-state index is -0.852. The van der Waals surface area contributed by atoms with Crippen molar-refractivity contribution in [3.63, 3.8) is 0 Å². The smallest absolute Gasteiger partial charge is 0.323 e. The van der Waals surface area contributed by atoms with E-state index in [1.807, 2.05) is 0 Å². The number of nitrogens with two attached hydrogens (primary N) is 1. The summed E-state index contributed by atoms with van der Waals surface area (Å²) < 4.78 is 9.37. The summed E-state index contributed by atoms with van der Waals surface area (Å²) in [4.78, 5) is 21.6. The Balaban J connectivity index is 3.63. The molecule has 0 fully saturated rings. The number of ketones is 1. The molecule has 0 aromatic rings. The van der Waals surface area contributed by atoms with Crippen molar-refractivity contribution in [3.8, 4) is 0 Å². The van der Waals surface area contributed by atoms with Gasteiger partial charge in [0.15, 0.2) is 0 Å². The van der Waals surface area contributed by atoms with Gasteiger partial charge < -0.3 is 15.2 Å². The molecule has 0 aromatic heterocycles. The molecule has 0 aliphatic rings. The van der Waals surface area contributed by atoms with Gasteiger partial charge in [-0.2, -0.15) is 0 Å². The molecule has 0 amide bonds. The zero-order valence-corrected chi connectivity index (χ0v) is 7.91. The summed E-state index contributed by atoms with van der Waals surface area (Å²) >= 11 is 0. The maximum atomic E-state index is 11.0. The van der Waals surface area contributed by atoms with E-state index in [0.29, 0.717) is 6.61 Å². The van der Waals surface area contributed by atoms with Crippen molar-refractivity contribution < 1.29 is 19.1 Å². The van der Waals surface area contributed by atoms with Crippen molar-refractivity contribution in [2.75, 3.05) is 20.3 Å². The third-order valence-corrected chi connectivity index (χ3v) is 1.34. The Hall–Kier alpha value is -0.940. The maximum Gasteiger partial charge on any atom is 0.323 e. The number of hydrogen-bond acceptors (Lipinski definition) is 5. The first-order valence-corrected chi connectivity index (χ1v) is 3.98. The molecule has 5 nitrogen and oxygen atoms in total. The summed E-state index contributed by atoms with van der Waals surface area (Å²) in [5, 5.41) is 0. The molecule has 0 aliphatic heterocycles. The van der Waals surface area contributed by atoms with Crippen LogP contribution in [0.5, 0.6) is 0 Å². The maximum absolute atomic E-state index is 11.0. The highest BCUT2D eigenvalue weighted by Crippen LogP contribution is 1.93. The molecule has 0 bridgehead atoms. The molecule has 2 N–H and O–H groups in total. The molecular weight excluding hydrogens is 174 g/mol. The van der Waals surface area contributed by atoms with E-state index in [9.17, 15) is 9.59 Å². The van der Waals surface area contributed by atoms with Crippen LogP contribution < -0.4 is 5.73 Å². The van der Waals surface area contributed by atoms with Crippen LogP contribution in [0.1, 0.15) is 13.3 Å². The van der Waals surface area contributed by atoms with E-state index < -0.39 is 12.0 Å². The highest BCUT2D eigenvalue weighted by atomic mass is 16.6. The number of ether oxygens (including phenoxy) is 2. The number of carbonyl (C=O) groups is 2. The Kier molecular flexibility index (Phi) is 6.09. The van der Waals surface area contributed by atoms with E-state index in [2.05, 4.69) is 4.74 Å². The molecule has 13 heavy (non-hydrogen) atoms. The predicted octanol–water partition coefficient (Wildman–Crippen LogP) is -0.518. The van der Waals surface area contributed by atoms with Gasteiger partial charge in [0.1, 0.15) is 18.4 Å². The van der Waals surface area contributed by atoms with Crippen molar-refractivity contribution in [1.82, 2.24) is 0 Å². The molecular formula is C8H15NO4. The van der Waals surface area contributed by atoms with Gasteiger partial charge in [0.05, 0.1) is 6.61 Å². The second kappa shape index (κ2) is 6.56. The van der Waals surface area contributed by atoms with Gasteiger partial charge in [0, 0.05) is 13.5 Å². The van der Waals surface area contributed by atoms with Crippen LogP contribution in [0.2, 0.25) is 0 Å². The number of carbonyl (C=O) groups excluding carboxylic acids is 2. The number of rotatable bonds is 6. The molecule has 0 rings (SSSR count). The zero-order valence-electron chi connectivity index (χ0n) is 7.91. The average Bonchev–Trinajstić information content (AvgIpc) is 2.03. The fourth-order valence-electron chi connectivity index (χ4n) is 0.726. The second-order valence-electron chi connectivity index (χ2n) is 2.67. The van der Waals surface area contributed by atoms with Gasteiger partial charge in [-0.3, -0.25) is 9.59 Å². The van der Waals surface area contributed by atoms with Gasteiger partial charge in [0.25, 0.3) is 0 Å². The lowest BCUT2D eigenvalue weighted by Crippen LogP contribution is -2.34. The van der Waals surface area contributed by atoms with Crippen molar-refractivity contribution >= 4 is 11.8 Å². The standard InChI is InChI=1S/C8H15NO4/c1-6(10)5-7(9)8(11)13-4-3-12-2/h7H,3-5,9H2,1-2H3. The Bertz CT molecular complexity index is 181. The first kappa shape index (κ1) is 12.1. The van der Waals surface area contributed by atoms with Crippen LogP contribution in [0.4, 0.5) is 0 Å². The van der Waals surface area contributed by atoms with E-state index in [-0.39, 0.29) is 18.8 Å². The predicted molar refractivity (Wildman–Crippen MR) is 46.1 cm³/mol. The molecule has 0 aliphatic carbocycles. The molecule has 0 saturated carbocycles. The molecule has 0 aromatic carbocycles. The van der Waals surface area contributed by atoms with Crippen LogP contribution in [0, 0.1) is 0 Å². The summed E-state index contributed by atoms with van der Waals surface area (Å²) in [6, 6.07) is -0.852. The van der Waals surface area contributed by atoms with E-state index in [1.165, 1.54) is 14.0 Å². The lowest BCUT2D eigenvalue weighted by molar-refractivity contribution is -0.147. The van der Waals surface area contributed by atoms with Gasteiger partial charge in [-0.05, 0) is 6.92 Å². The first-order valence-electron chi connectivity index (χ1n) is 3.98. The molecule has 5 heteroatoms. The van der Waals surface area contributed by atoms with Gasteiger partial charge in [-0.15, -0.1) is 0 Å². The molecule has 0 radical (unpaired) electrons. The van der Waals surface area contributed by atoms with Crippen LogP contribution in [0.3, 0.4) is 0 Å². The second-order valence-corrected chi connectivity index (χ2v) is 2.67. The van der Waals surface area contributed by atoms with Gasteiger partial charge in [0.2, 0.25) is 0 Å². The van der Waals surface area contributed by atoms with Crippen LogP contribution in [0.15, 0.2) is 0 Å². The lowest BCUT2D eigenvalue weighted by Gasteiger charge is -2.08. The average molecular weight is 189 g/mol. The van der Waals surface area contributed by atoms with Crippen LogP contribution >= 0.6 is 0 Å². The summed E-state index contributed by atoms with van der Waals surface area (Å²) in [5.74, 6) is -0.691. The summed E-state index contributed by atoms with van der Waals surface area (Å²) in [5.41, 5.74) is 5.36. The van der Waals surface area contributed by atoms with Gasteiger partial charge in [-0.1, -0.05) is 0 Å². The van der Waals surface area contributed by atoms with Gasteiger partial charge in [-0.25, -0.2) is 0 Å². The largest absolute Gasteiger partial charge is 0.462 e. The number of methoxy groups -OCH3 is 1. The minimum absolute atomic E-state index is 0.0197. The molecule has 0 spiro atoms. The van der Waals surface area contributed by atoms with E-state index in [1.54, 1.807) is 0 Å². The van der Waals surface area contributed by atoms with E-state index in [0.717, 1.165) is 0 Å². The zero-order chi connectivity index (χ0) is 10.3. The lowest BCUT2D eigenvalue weighted by atomic mass is 10.2. The number of Topliss-reactive ketones (excluding diaryl/α,β-unsaturated/α-hetero) is 1. The summed E-state index contributed by atoms with van der Waals surface area (Å²) in [6.45, 7) is 1.88.